The highest BCUT2D eigenvalue weighted by atomic mass is 32.1. The third-order valence-corrected chi connectivity index (χ3v) is 4.01. The van der Waals surface area contributed by atoms with Crippen molar-refractivity contribution in [3.8, 4) is 17.2 Å². The Hall–Kier alpha value is -3.24. The van der Waals surface area contributed by atoms with E-state index in [0.29, 0.717) is 11.3 Å². The monoisotopic (exact) mass is 351 g/mol. The number of hydrogen-bond acceptors (Lipinski definition) is 5. The zero-order valence-corrected chi connectivity index (χ0v) is 13.7. The van der Waals surface area contributed by atoms with Gasteiger partial charge in [-0.25, -0.2) is 4.79 Å². The number of carbonyl (C=O) groups excluding carboxylic acids is 1. The molecule has 6 nitrogen and oxygen atoms in total. The van der Waals surface area contributed by atoms with Crippen LogP contribution in [-0.4, -0.2) is 22.5 Å². The second-order valence-electron chi connectivity index (χ2n) is 5.35. The standard InChI is InChI=1S/C18H13N3O3S/c19-9-14-15(20-18(25)21-16(14)22)13-3-1-2-12(8-13)10-4-6-11(7-5-10)17(23)24/h1-8,18,20,25H,(H,21,22)(H,23,24). The summed E-state index contributed by atoms with van der Waals surface area (Å²) in [5.74, 6) is -1.46. The molecule has 2 aromatic carbocycles. The van der Waals surface area contributed by atoms with Crippen LogP contribution >= 0.6 is 12.6 Å². The molecule has 1 aliphatic rings. The minimum absolute atomic E-state index is 0.0105. The number of carboxylic acid groups (broad SMARTS) is 1. The molecule has 3 N–H and O–H groups in total. The van der Waals surface area contributed by atoms with Crippen LogP contribution in [0.5, 0.6) is 0 Å². The zero-order valence-electron chi connectivity index (χ0n) is 12.9. The van der Waals surface area contributed by atoms with Crippen molar-refractivity contribution in [1.29, 1.82) is 5.26 Å². The van der Waals surface area contributed by atoms with Crippen molar-refractivity contribution < 1.29 is 14.7 Å². The van der Waals surface area contributed by atoms with Crippen LogP contribution in [-0.2, 0) is 4.79 Å². The van der Waals surface area contributed by atoms with Gasteiger partial charge in [-0.15, -0.1) is 12.6 Å². The molecule has 0 aliphatic carbocycles. The molecule has 1 unspecified atom stereocenters. The minimum Gasteiger partial charge on any atom is -0.478 e. The number of nitrogens with zero attached hydrogens (tertiary/aromatic N) is 1. The fourth-order valence-corrected chi connectivity index (χ4v) is 2.80. The van der Waals surface area contributed by atoms with Gasteiger partial charge in [0.15, 0.2) is 0 Å². The van der Waals surface area contributed by atoms with E-state index in [4.69, 9.17) is 5.11 Å². The summed E-state index contributed by atoms with van der Waals surface area (Å²) >= 11 is 4.19. The van der Waals surface area contributed by atoms with E-state index >= 15 is 0 Å². The lowest BCUT2D eigenvalue weighted by Crippen LogP contribution is -2.46. The molecule has 0 saturated carbocycles. The van der Waals surface area contributed by atoms with Gasteiger partial charge in [0.2, 0.25) is 0 Å². The number of nitrogens with one attached hydrogen (secondary N) is 2. The molecule has 25 heavy (non-hydrogen) atoms. The summed E-state index contributed by atoms with van der Waals surface area (Å²) in [6, 6.07) is 15.7. The van der Waals surface area contributed by atoms with E-state index in [9.17, 15) is 14.9 Å². The molecule has 1 aliphatic heterocycles. The van der Waals surface area contributed by atoms with E-state index in [1.54, 1.807) is 24.3 Å². The molecule has 3 rings (SSSR count). The van der Waals surface area contributed by atoms with Crippen molar-refractivity contribution in [2.45, 2.75) is 5.50 Å². The lowest BCUT2D eigenvalue weighted by atomic mass is 9.98. The highest BCUT2D eigenvalue weighted by Gasteiger charge is 2.25. The average Bonchev–Trinajstić information content (AvgIpc) is 2.61. The van der Waals surface area contributed by atoms with Gasteiger partial charge in [-0.3, -0.25) is 4.79 Å². The van der Waals surface area contributed by atoms with Gasteiger partial charge in [0.05, 0.1) is 11.3 Å². The topological polar surface area (TPSA) is 102 Å². The summed E-state index contributed by atoms with van der Waals surface area (Å²) in [5.41, 5.74) is 2.36. The molecular formula is C18H13N3O3S. The van der Waals surface area contributed by atoms with Crippen molar-refractivity contribution in [2.75, 3.05) is 0 Å². The first-order valence-electron chi connectivity index (χ1n) is 7.33. The Morgan fingerprint density at radius 1 is 1.08 bits per heavy atom. The van der Waals surface area contributed by atoms with Gasteiger partial charge in [0, 0.05) is 0 Å². The van der Waals surface area contributed by atoms with Crippen LogP contribution in [0, 0.1) is 11.3 Å². The number of aromatic carboxylic acids is 1. The van der Waals surface area contributed by atoms with Crippen molar-refractivity contribution in [2.24, 2.45) is 0 Å². The van der Waals surface area contributed by atoms with Crippen LogP contribution in [0.25, 0.3) is 16.8 Å². The fraction of sp³-hybridized carbons (Fsp3) is 0.0556. The van der Waals surface area contributed by atoms with Crippen molar-refractivity contribution in [3.05, 3.63) is 65.2 Å². The maximum Gasteiger partial charge on any atom is 0.335 e. The Morgan fingerprint density at radius 3 is 2.40 bits per heavy atom. The fourth-order valence-electron chi connectivity index (χ4n) is 2.55. The maximum atomic E-state index is 11.9. The molecule has 1 atom stereocenters. The van der Waals surface area contributed by atoms with Crippen molar-refractivity contribution in [3.63, 3.8) is 0 Å². The van der Waals surface area contributed by atoms with E-state index in [-0.39, 0.29) is 11.1 Å². The quantitative estimate of drug-likeness (QED) is 0.635. The van der Waals surface area contributed by atoms with Crippen LogP contribution in [0.4, 0.5) is 0 Å². The molecule has 7 heteroatoms. The summed E-state index contributed by atoms with van der Waals surface area (Å²) in [7, 11) is 0. The van der Waals surface area contributed by atoms with E-state index in [2.05, 4.69) is 23.3 Å². The van der Waals surface area contributed by atoms with Gasteiger partial charge in [0.25, 0.3) is 5.91 Å². The van der Waals surface area contributed by atoms with Crippen LogP contribution in [0.3, 0.4) is 0 Å². The number of thiol groups is 1. The summed E-state index contributed by atoms with van der Waals surface area (Å²) in [6.45, 7) is 0. The zero-order chi connectivity index (χ0) is 18.0. The van der Waals surface area contributed by atoms with Gasteiger partial charge in [0.1, 0.15) is 17.1 Å². The van der Waals surface area contributed by atoms with Crippen molar-refractivity contribution in [1.82, 2.24) is 10.6 Å². The van der Waals surface area contributed by atoms with E-state index in [0.717, 1.165) is 11.1 Å². The molecule has 0 radical (unpaired) electrons. The maximum absolute atomic E-state index is 11.9. The molecule has 1 heterocycles. The van der Waals surface area contributed by atoms with E-state index in [1.807, 2.05) is 18.2 Å². The van der Waals surface area contributed by atoms with Crippen molar-refractivity contribution >= 4 is 30.2 Å². The third-order valence-electron chi connectivity index (χ3n) is 3.75. The summed E-state index contributed by atoms with van der Waals surface area (Å²) < 4.78 is 0. The molecule has 0 bridgehead atoms. The number of carboxylic acids is 1. The predicted octanol–water partition coefficient (Wildman–Crippen LogP) is 2.22. The molecule has 0 spiro atoms. The molecule has 0 saturated heterocycles. The average molecular weight is 351 g/mol. The van der Waals surface area contributed by atoms with E-state index in [1.165, 1.54) is 12.1 Å². The van der Waals surface area contributed by atoms with Gasteiger partial charge >= 0.3 is 5.97 Å². The lowest BCUT2D eigenvalue weighted by molar-refractivity contribution is -0.117. The van der Waals surface area contributed by atoms with Crippen LogP contribution in [0.1, 0.15) is 15.9 Å². The molecule has 1 amide bonds. The number of amides is 1. The van der Waals surface area contributed by atoms with E-state index < -0.39 is 17.4 Å². The number of benzene rings is 2. The van der Waals surface area contributed by atoms with Crippen LogP contribution in [0.2, 0.25) is 0 Å². The number of nitriles is 1. The first kappa shape index (κ1) is 16.6. The Kier molecular flexibility index (Phi) is 4.46. The smallest absolute Gasteiger partial charge is 0.335 e. The van der Waals surface area contributed by atoms with Gasteiger partial charge in [-0.1, -0.05) is 30.3 Å². The van der Waals surface area contributed by atoms with Crippen LogP contribution < -0.4 is 10.6 Å². The molecule has 0 aromatic heterocycles. The van der Waals surface area contributed by atoms with Gasteiger partial charge in [-0.05, 0) is 34.9 Å². The summed E-state index contributed by atoms with van der Waals surface area (Å²) in [4.78, 5) is 22.9. The van der Waals surface area contributed by atoms with Gasteiger partial charge in [-0.2, -0.15) is 5.26 Å². The third kappa shape index (κ3) is 3.34. The summed E-state index contributed by atoms with van der Waals surface area (Å²) in [5, 5.41) is 23.7. The van der Waals surface area contributed by atoms with Gasteiger partial charge < -0.3 is 15.7 Å². The Morgan fingerprint density at radius 2 is 1.76 bits per heavy atom. The normalized spacial score (nSPS) is 16.6. The number of rotatable bonds is 3. The Labute approximate surface area is 149 Å². The minimum atomic E-state index is -0.985. The predicted molar refractivity (Wildman–Crippen MR) is 95.4 cm³/mol. The molecule has 2 aromatic rings. The summed E-state index contributed by atoms with van der Waals surface area (Å²) in [6.07, 6.45) is 0. The number of carbonyl (C=O) groups is 2. The largest absolute Gasteiger partial charge is 0.478 e. The highest BCUT2D eigenvalue weighted by molar-refractivity contribution is 7.80. The molecular weight excluding hydrogens is 338 g/mol. The second kappa shape index (κ2) is 6.71. The Balaban J connectivity index is 2.03. The molecule has 0 fully saturated rings. The number of hydrogen-bond donors (Lipinski definition) is 4. The first-order chi connectivity index (χ1) is 12.0. The second-order valence-corrected chi connectivity index (χ2v) is 5.86. The van der Waals surface area contributed by atoms with Crippen LogP contribution in [0.15, 0.2) is 54.1 Å². The lowest BCUT2D eigenvalue weighted by Gasteiger charge is -2.25. The highest BCUT2D eigenvalue weighted by Crippen LogP contribution is 2.26. The SMILES string of the molecule is N#CC1=C(c2cccc(-c3ccc(C(=O)O)cc3)c2)NC(S)NC1=O. The first-order valence-corrected chi connectivity index (χ1v) is 7.85. The Bertz CT molecular complexity index is 929. The molecule has 124 valence electrons.